The molecule has 0 aromatic heterocycles. The topological polar surface area (TPSA) is 98.5 Å². The zero-order chi connectivity index (χ0) is 17.7. The zero-order valence-electron chi connectivity index (χ0n) is 13.0. The largest absolute Gasteiger partial charge is 0.466 e. The average molecular weight is 413 g/mol. The first-order valence-corrected chi connectivity index (χ1v) is 9.42. The number of anilines is 2. The van der Waals surface area contributed by atoms with Gasteiger partial charge in [-0.05, 0) is 48.9 Å². The van der Waals surface area contributed by atoms with E-state index in [-0.39, 0.29) is 17.9 Å². The fraction of sp³-hybridized carbons (Fsp3) is 0.188. The molecule has 0 heterocycles. The molecule has 0 aliphatic heterocycles. The number of rotatable bonds is 6. The summed E-state index contributed by atoms with van der Waals surface area (Å²) in [4.78, 5) is 11.7. The highest BCUT2D eigenvalue weighted by Gasteiger charge is 2.21. The minimum Gasteiger partial charge on any atom is -0.466 e. The first-order chi connectivity index (χ1) is 11.3. The van der Waals surface area contributed by atoms with Crippen molar-refractivity contribution in [2.75, 3.05) is 17.1 Å². The van der Waals surface area contributed by atoms with Crippen LogP contribution in [-0.4, -0.2) is 21.0 Å². The molecule has 0 saturated carbocycles. The van der Waals surface area contributed by atoms with Gasteiger partial charge in [-0.15, -0.1) is 0 Å². The SMILES string of the molecule is CCOC(=O)Cc1ccc(N)cc1S(=O)(=O)Nc1ccc(Br)cc1. The number of benzene rings is 2. The second kappa shape index (κ2) is 7.67. The standard InChI is InChI=1S/C16H17BrN2O4S/c1-2-23-16(20)9-11-3-6-13(18)10-15(11)24(21,22)19-14-7-4-12(17)5-8-14/h3-8,10,19H,2,9,18H2,1H3. The molecule has 0 saturated heterocycles. The van der Waals surface area contributed by atoms with Crippen LogP contribution in [0.25, 0.3) is 0 Å². The molecule has 0 amide bonds. The Bertz CT molecular complexity index is 836. The number of nitrogens with two attached hydrogens (primary N) is 1. The fourth-order valence-electron chi connectivity index (χ4n) is 2.06. The minimum atomic E-state index is -3.89. The van der Waals surface area contributed by atoms with Crippen molar-refractivity contribution in [3.63, 3.8) is 0 Å². The van der Waals surface area contributed by atoms with Gasteiger partial charge in [0, 0.05) is 15.8 Å². The maximum atomic E-state index is 12.7. The molecular formula is C16H17BrN2O4S. The molecule has 0 spiro atoms. The van der Waals surface area contributed by atoms with Crippen LogP contribution in [0.5, 0.6) is 0 Å². The second-order valence-corrected chi connectivity index (χ2v) is 7.53. The van der Waals surface area contributed by atoms with E-state index >= 15 is 0 Å². The summed E-state index contributed by atoms with van der Waals surface area (Å²) in [5.41, 5.74) is 6.73. The van der Waals surface area contributed by atoms with Crippen LogP contribution in [0.4, 0.5) is 11.4 Å². The number of carbonyl (C=O) groups is 1. The molecule has 0 atom stereocenters. The van der Waals surface area contributed by atoms with Gasteiger partial charge in [0.2, 0.25) is 0 Å². The Labute approximate surface area is 149 Å². The minimum absolute atomic E-state index is 0.0431. The lowest BCUT2D eigenvalue weighted by Gasteiger charge is -2.13. The van der Waals surface area contributed by atoms with Gasteiger partial charge < -0.3 is 10.5 Å². The molecule has 128 valence electrons. The Balaban J connectivity index is 2.35. The van der Waals surface area contributed by atoms with Crippen molar-refractivity contribution in [3.05, 3.63) is 52.5 Å². The van der Waals surface area contributed by atoms with Gasteiger partial charge in [-0.3, -0.25) is 9.52 Å². The van der Waals surface area contributed by atoms with Crippen molar-refractivity contribution in [3.8, 4) is 0 Å². The van der Waals surface area contributed by atoms with E-state index in [9.17, 15) is 13.2 Å². The molecular weight excluding hydrogens is 396 g/mol. The van der Waals surface area contributed by atoms with Crippen molar-refractivity contribution < 1.29 is 17.9 Å². The van der Waals surface area contributed by atoms with Gasteiger partial charge in [-0.2, -0.15) is 0 Å². The van der Waals surface area contributed by atoms with Gasteiger partial charge in [0.15, 0.2) is 0 Å². The van der Waals surface area contributed by atoms with Crippen LogP contribution in [0.2, 0.25) is 0 Å². The van der Waals surface area contributed by atoms with E-state index in [1.165, 1.54) is 12.1 Å². The number of sulfonamides is 1. The number of carbonyl (C=O) groups excluding carboxylic acids is 1. The summed E-state index contributed by atoms with van der Waals surface area (Å²) in [5.74, 6) is -0.498. The number of hydrogen-bond donors (Lipinski definition) is 2. The third-order valence-corrected chi connectivity index (χ3v) is 5.11. The second-order valence-electron chi connectivity index (χ2n) is 4.96. The van der Waals surface area contributed by atoms with Gasteiger partial charge in [0.25, 0.3) is 10.0 Å². The summed E-state index contributed by atoms with van der Waals surface area (Å²) in [5, 5.41) is 0. The zero-order valence-corrected chi connectivity index (χ0v) is 15.4. The maximum Gasteiger partial charge on any atom is 0.310 e. The molecule has 2 aromatic rings. The van der Waals surface area contributed by atoms with E-state index in [1.54, 1.807) is 37.3 Å². The van der Waals surface area contributed by atoms with Crippen molar-refractivity contribution in [1.29, 1.82) is 0 Å². The summed E-state index contributed by atoms with van der Waals surface area (Å²) in [6, 6.07) is 11.1. The smallest absolute Gasteiger partial charge is 0.310 e. The van der Waals surface area contributed by atoms with Gasteiger partial charge in [-0.1, -0.05) is 22.0 Å². The van der Waals surface area contributed by atoms with Crippen molar-refractivity contribution in [2.24, 2.45) is 0 Å². The highest BCUT2D eigenvalue weighted by atomic mass is 79.9. The maximum absolute atomic E-state index is 12.7. The molecule has 3 N–H and O–H groups in total. The number of halogens is 1. The molecule has 6 nitrogen and oxygen atoms in total. The fourth-order valence-corrected chi connectivity index (χ4v) is 3.66. The highest BCUT2D eigenvalue weighted by Crippen LogP contribution is 2.24. The first-order valence-electron chi connectivity index (χ1n) is 7.14. The molecule has 24 heavy (non-hydrogen) atoms. The first kappa shape index (κ1) is 18.3. The molecule has 0 aliphatic carbocycles. The lowest BCUT2D eigenvalue weighted by atomic mass is 10.1. The Kier molecular flexibility index (Phi) is 5.84. The molecule has 0 fully saturated rings. The van der Waals surface area contributed by atoms with Crippen LogP contribution in [-0.2, 0) is 26.0 Å². The van der Waals surface area contributed by atoms with E-state index in [2.05, 4.69) is 20.7 Å². The van der Waals surface area contributed by atoms with Gasteiger partial charge >= 0.3 is 5.97 Å². The van der Waals surface area contributed by atoms with Crippen LogP contribution in [0.15, 0.2) is 51.8 Å². The predicted molar refractivity (Wildman–Crippen MR) is 96.1 cm³/mol. The quantitative estimate of drug-likeness (QED) is 0.561. The van der Waals surface area contributed by atoms with E-state index < -0.39 is 16.0 Å². The molecule has 8 heteroatoms. The van der Waals surface area contributed by atoms with Crippen LogP contribution in [0, 0.1) is 0 Å². The van der Waals surface area contributed by atoms with E-state index in [0.29, 0.717) is 16.9 Å². The average Bonchev–Trinajstić information content (AvgIpc) is 2.51. The molecule has 0 unspecified atom stereocenters. The number of esters is 1. The number of hydrogen-bond acceptors (Lipinski definition) is 5. The number of nitrogens with one attached hydrogen (secondary N) is 1. The summed E-state index contributed by atoms with van der Waals surface area (Å²) >= 11 is 3.29. The van der Waals surface area contributed by atoms with Crippen LogP contribution < -0.4 is 10.5 Å². The molecule has 0 bridgehead atoms. The predicted octanol–water partition coefficient (Wildman–Crippen LogP) is 2.94. The van der Waals surface area contributed by atoms with E-state index in [1.807, 2.05) is 0 Å². The van der Waals surface area contributed by atoms with Crippen LogP contribution in [0.1, 0.15) is 12.5 Å². The number of ether oxygens (including phenoxy) is 1. The summed E-state index contributed by atoms with van der Waals surface area (Å²) in [6.45, 7) is 1.92. The normalized spacial score (nSPS) is 11.1. The van der Waals surface area contributed by atoms with Gasteiger partial charge in [0.05, 0.1) is 17.9 Å². The Morgan fingerprint density at radius 2 is 1.88 bits per heavy atom. The summed E-state index contributed by atoms with van der Waals surface area (Å²) < 4.78 is 33.5. The van der Waals surface area contributed by atoms with E-state index in [4.69, 9.17) is 10.5 Å². The van der Waals surface area contributed by atoms with Crippen molar-refractivity contribution in [1.82, 2.24) is 0 Å². The lowest BCUT2D eigenvalue weighted by Crippen LogP contribution is -2.17. The Morgan fingerprint density at radius 3 is 2.50 bits per heavy atom. The molecule has 0 radical (unpaired) electrons. The third kappa shape index (κ3) is 4.72. The van der Waals surface area contributed by atoms with Crippen LogP contribution >= 0.6 is 15.9 Å². The molecule has 2 aromatic carbocycles. The summed E-state index contributed by atoms with van der Waals surface area (Å²) in [6.07, 6.45) is -0.148. The van der Waals surface area contributed by atoms with E-state index in [0.717, 1.165) is 4.47 Å². The Hall–Kier alpha value is -2.06. The van der Waals surface area contributed by atoms with Crippen molar-refractivity contribution in [2.45, 2.75) is 18.2 Å². The van der Waals surface area contributed by atoms with Crippen molar-refractivity contribution >= 4 is 43.3 Å². The van der Waals surface area contributed by atoms with Crippen LogP contribution in [0.3, 0.4) is 0 Å². The highest BCUT2D eigenvalue weighted by molar-refractivity contribution is 9.10. The number of nitrogen functional groups attached to an aromatic ring is 1. The Morgan fingerprint density at radius 1 is 1.21 bits per heavy atom. The molecule has 0 aliphatic rings. The lowest BCUT2D eigenvalue weighted by molar-refractivity contribution is -0.142. The summed E-state index contributed by atoms with van der Waals surface area (Å²) in [7, 11) is -3.89. The van der Waals surface area contributed by atoms with Gasteiger partial charge in [-0.25, -0.2) is 8.42 Å². The third-order valence-electron chi connectivity index (χ3n) is 3.12. The van der Waals surface area contributed by atoms with Gasteiger partial charge in [0.1, 0.15) is 0 Å². The molecule has 2 rings (SSSR count). The monoisotopic (exact) mass is 412 g/mol.